The van der Waals surface area contributed by atoms with E-state index < -0.39 is 0 Å². The van der Waals surface area contributed by atoms with Crippen LogP contribution in [-0.4, -0.2) is 36.1 Å². The maximum absolute atomic E-state index is 12.8. The topological polar surface area (TPSA) is 71.8 Å². The Bertz CT molecular complexity index is 1160. The summed E-state index contributed by atoms with van der Waals surface area (Å²) in [6.45, 7) is 9.62. The predicted molar refractivity (Wildman–Crippen MR) is 122 cm³/mol. The van der Waals surface area contributed by atoms with E-state index in [0.717, 1.165) is 27.8 Å². The molecule has 1 aromatic heterocycles. The molecule has 162 valence electrons. The molecule has 1 fully saturated rings. The number of ether oxygens (including phenoxy) is 1. The van der Waals surface area contributed by atoms with E-state index in [1.165, 1.54) is 6.07 Å². The van der Waals surface area contributed by atoms with Crippen molar-refractivity contribution in [2.45, 2.75) is 46.4 Å². The number of carbonyl (C=O) groups is 1. The number of rotatable bonds is 4. The molecule has 1 saturated heterocycles. The van der Waals surface area contributed by atoms with Crippen LogP contribution in [0.3, 0.4) is 0 Å². The second-order valence-electron chi connectivity index (χ2n) is 8.37. The molecule has 2 heterocycles. The number of morpholine rings is 1. The molecular formula is C25H28N2O4. The summed E-state index contributed by atoms with van der Waals surface area (Å²) in [6.07, 6.45) is 0.0822. The van der Waals surface area contributed by atoms with E-state index in [0.29, 0.717) is 30.8 Å². The van der Waals surface area contributed by atoms with Crippen LogP contribution in [0, 0.1) is 13.8 Å². The summed E-state index contributed by atoms with van der Waals surface area (Å²) in [5.41, 5.74) is 4.77. The van der Waals surface area contributed by atoms with Gasteiger partial charge in [0.05, 0.1) is 12.2 Å². The van der Waals surface area contributed by atoms with Crippen molar-refractivity contribution in [1.82, 2.24) is 4.90 Å². The molecule has 0 radical (unpaired) electrons. The number of aryl methyl sites for hydroxylation is 2. The zero-order chi connectivity index (χ0) is 22.1. The summed E-state index contributed by atoms with van der Waals surface area (Å²) in [6, 6.07) is 13.0. The molecule has 4 rings (SSSR count). The van der Waals surface area contributed by atoms with E-state index >= 15 is 0 Å². The minimum absolute atomic E-state index is 0.0195. The van der Waals surface area contributed by atoms with E-state index in [-0.39, 0.29) is 23.7 Å². The third-order valence-corrected chi connectivity index (χ3v) is 5.84. The zero-order valence-electron chi connectivity index (χ0n) is 18.4. The lowest BCUT2D eigenvalue weighted by molar-refractivity contribution is -0.0586. The Balaban J connectivity index is 1.49. The first-order valence-corrected chi connectivity index (χ1v) is 10.6. The van der Waals surface area contributed by atoms with Crippen LogP contribution in [-0.2, 0) is 11.3 Å². The molecule has 6 nitrogen and oxygen atoms in total. The second kappa shape index (κ2) is 8.55. The third kappa shape index (κ3) is 4.49. The Morgan fingerprint density at radius 1 is 1.06 bits per heavy atom. The summed E-state index contributed by atoms with van der Waals surface area (Å²) < 4.78 is 11.2. The molecule has 2 atom stereocenters. The van der Waals surface area contributed by atoms with Crippen LogP contribution >= 0.6 is 0 Å². The van der Waals surface area contributed by atoms with Crippen LogP contribution in [0.5, 0.6) is 0 Å². The van der Waals surface area contributed by atoms with Crippen LogP contribution < -0.4 is 10.9 Å². The Morgan fingerprint density at radius 2 is 1.74 bits per heavy atom. The van der Waals surface area contributed by atoms with Gasteiger partial charge in [-0.2, -0.15) is 0 Å². The Labute approximate surface area is 181 Å². The molecule has 6 heteroatoms. The minimum atomic E-state index is -0.354. The molecule has 3 aromatic rings. The van der Waals surface area contributed by atoms with Crippen LogP contribution in [0.1, 0.15) is 40.9 Å². The van der Waals surface area contributed by atoms with Gasteiger partial charge in [-0.15, -0.1) is 0 Å². The molecule has 1 aliphatic heterocycles. The lowest BCUT2D eigenvalue weighted by Gasteiger charge is -2.35. The van der Waals surface area contributed by atoms with Crippen molar-refractivity contribution in [3.8, 4) is 0 Å². The van der Waals surface area contributed by atoms with Crippen molar-refractivity contribution in [1.29, 1.82) is 0 Å². The van der Waals surface area contributed by atoms with Gasteiger partial charge in [0.15, 0.2) is 0 Å². The number of amides is 1. The zero-order valence-corrected chi connectivity index (χ0v) is 18.4. The molecule has 0 spiro atoms. The second-order valence-corrected chi connectivity index (χ2v) is 8.37. The third-order valence-electron chi connectivity index (χ3n) is 5.84. The number of anilines is 1. The summed E-state index contributed by atoms with van der Waals surface area (Å²) in [5, 5.41) is 4.28. The number of carbonyl (C=O) groups excluding carboxylic acids is 1. The van der Waals surface area contributed by atoms with Gasteiger partial charge < -0.3 is 19.4 Å². The number of benzene rings is 2. The van der Waals surface area contributed by atoms with Gasteiger partial charge in [-0.05, 0) is 68.7 Å². The van der Waals surface area contributed by atoms with Crippen LogP contribution in [0.15, 0.2) is 51.7 Å². The fraction of sp³-hybridized carbons (Fsp3) is 0.360. The van der Waals surface area contributed by atoms with Crippen LogP contribution in [0.25, 0.3) is 11.0 Å². The van der Waals surface area contributed by atoms with Gasteiger partial charge in [0.1, 0.15) is 5.58 Å². The summed E-state index contributed by atoms with van der Waals surface area (Å²) >= 11 is 0. The number of nitrogens with zero attached hydrogens (tertiary/aromatic N) is 1. The maximum Gasteiger partial charge on any atom is 0.336 e. The quantitative estimate of drug-likeness (QED) is 0.638. The van der Waals surface area contributed by atoms with Gasteiger partial charge in [0.25, 0.3) is 5.91 Å². The van der Waals surface area contributed by atoms with Crippen molar-refractivity contribution in [3.05, 3.63) is 75.1 Å². The standard InChI is InChI=1S/C25H28N2O4/c1-15-5-10-22-20(11-23(28)31-24(22)18(15)4)12-26-21-8-6-19(7-9-21)25(29)27-13-16(2)30-17(3)14-27/h5-11,16-17,26H,12-14H2,1-4H3. The number of nitrogens with one attached hydrogen (secondary N) is 1. The lowest BCUT2D eigenvalue weighted by atomic mass is 10.0. The Kier molecular flexibility index (Phi) is 5.83. The SMILES string of the molecule is Cc1ccc2c(CNc3ccc(C(=O)N4CC(C)OC(C)C4)cc3)cc(=O)oc2c1C. The average molecular weight is 421 g/mol. The molecule has 1 aliphatic rings. The highest BCUT2D eigenvalue weighted by Crippen LogP contribution is 2.24. The van der Waals surface area contributed by atoms with Crippen molar-refractivity contribution in [3.63, 3.8) is 0 Å². The minimum Gasteiger partial charge on any atom is -0.422 e. The van der Waals surface area contributed by atoms with Gasteiger partial charge in [0, 0.05) is 42.3 Å². The molecule has 0 bridgehead atoms. The molecule has 2 unspecified atom stereocenters. The lowest BCUT2D eigenvalue weighted by Crippen LogP contribution is -2.48. The normalized spacial score (nSPS) is 18.9. The van der Waals surface area contributed by atoms with Gasteiger partial charge in [0.2, 0.25) is 0 Å². The van der Waals surface area contributed by atoms with Crippen molar-refractivity contribution < 1.29 is 13.9 Å². The largest absolute Gasteiger partial charge is 0.422 e. The first kappa shape index (κ1) is 21.1. The van der Waals surface area contributed by atoms with Gasteiger partial charge in [-0.25, -0.2) is 4.79 Å². The van der Waals surface area contributed by atoms with E-state index in [1.54, 1.807) is 0 Å². The summed E-state index contributed by atoms with van der Waals surface area (Å²) in [5.74, 6) is 0.0195. The van der Waals surface area contributed by atoms with E-state index in [2.05, 4.69) is 5.32 Å². The average Bonchev–Trinajstić information content (AvgIpc) is 2.74. The molecule has 31 heavy (non-hydrogen) atoms. The van der Waals surface area contributed by atoms with Gasteiger partial charge >= 0.3 is 5.63 Å². The number of hydrogen-bond donors (Lipinski definition) is 1. The Hall–Kier alpha value is -3.12. The molecular weight excluding hydrogens is 392 g/mol. The highest BCUT2D eigenvalue weighted by atomic mass is 16.5. The van der Waals surface area contributed by atoms with Crippen LogP contribution in [0.4, 0.5) is 5.69 Å². The van der Waals surface area contributed by atoms with E-state index in [9.17, 15) is 9.59 Å². The van der Waals surface area contributed by atoms with Crippen LogP contribution in [0.2, 0.25) is 0 Å². The first-order valence-electron chi connectivity index (χ1n) is 10.6. The summed E-state index contributed by atoms with van der Waals surface area (Å²) in [4.78, 5) is 26.7. The number of hydrogen-bond acceptors (Lipinski definition) is 5. The highest BCUT2D eigenvalue weighted by molar-refractivity contribution is 5.94. The fourth-order valence-corrected chi connectivity index (χ4v) is 4.13. The van der Waals surface area contributed by atoms with Crippen molar-refractivity contribution in [2.24, 2.45) is 0 Å². The molecule has 0 saturated carbocycles. The van der Waals surface area contributed by atoms with E-state index in [1.807, 2.05) is 69.0 Å². The molecule has 1 amide bonds. The molecule has 1 N–H and O–H groups in total. The van der Waals surface area contributed by atoms with E-state index in [4.69, 9.17) is 9.15 Å². The van der Waals surface area contributed by atoms with Crippen molar-refractivity contribution in [2.75, 3.05) is 18.4 Å². The smallest absolute Gasteiger partial charge is 0.336 e. The first-order chi connectivity index (χ1) is 14.8. The molecule has 2 aromatic carbocycles. The van der Waals surface area contributed by atoms with Gasteiger partial charge in [-0.1, -0.05) is 12.1 Å². The molecule has 0 aliphatic carbocycles. The summed E-state index contributed by atoms with van der Waals surface area (Å²) in [7, 11) is 0. The van der Waals surface area contributed by atoms with Gasteiger partial charge in [-0.3, -0.25) is 4.79 Å². The Morgan fingerprint density at radius 3 is 2.42 bits per heavy atom. The van der Waals surface area contributed by atoms with Crippen molar-refractivity contribution >= 4 is 22.6 Å². The predicted octanol–water partition coefficient (Wildman–Crippen LogP) is 4.27. The fourth-order valence-electron chi connectivity index (χ4n) is 4.13. The number of fused-ring (bicyclic) bond motifs is 1. The monoisotopic (exact) mass is 420 g/mol. The maximum atomic E-state index is 12.8. The highest BCUT2D eigenvalue weighted by Gasteiger charge is 2.26.